The minimum Gasteiger partial charge on any atom is -0.359 e. The van der Waals surface area contributed by atoms with Crippen LogP contribution < -0.4 is 5.32 Å². The highest BCUT2D eigenvalue weighted by Crippen LogP contribution is 2.29. The van der Waals surface area contributed by atoms with Crippen molar-refractivity contribution in [1.29, 1.82) is 0 Å². The van der Waals surface area contributed by atoms with Gasteiger partial charge >= 0.3 is 0 Å². The van der Waals surface area contributed by atoms with Gasteiger partial charge in [0.1, 0.15) is 0 Å². The molecule has 17 heavy (non-hydrogen) atoms. The third-order valence-electron chi connectivity index (χ3n) is 4.35. The average molecular weight is 254 g/mol. The number of thioether (sulfide) groups is 1. The molecule has 2 fully saturated rings. The number of amidine groups is 1. The summed E-state index contributed by atoms with van der Waals surface area (Å²) in [4.78, 5) is 4.78. The van der Waals surface area contributed by atoms with Crippen LogP contribution in [-0.4, -0.2) is 23.0 Å². The van der Waals surface area contributed by atoms with E-state index in [1.807, 2.05) is 11.8 Å². The Hall–Kier alpha value is -0.180. The Morgan fingerprint density at radius 1 is 1.35 bits per heavy atom. The molecule has 1 aliphatic heterocycles. The summed E-state index contributed by atoms with van der Waals surface area (Å²) >= 11 is 1.90. The van der Waals surface area contributed by atoms with Crippen LogP contribution in [0.3, 0.4) is 0 Å². The molecule has 0 aromatic rings. The van der Waals surface area contributed by atoms with Crippen LogP contribution in [0, 0.1) is 11.8 Å². The summed E-state index contributed by atoms with van der Waals surface area (Å²) < 4.78 is 0. The molecule has 1 saturated carbocycles. The molecule has 2 nitrogen and oxygen atoms in total. The molecule has 0 bridgehead atoms. The average Bonchev–Trinajstić information content (AvgIpc) is 2.72. The van der Waals surface area contributed by atoms with Gasteiger partial charge in [0, 0.05) is 17.8 Å². The number of aliphatic imine (C=N–C) groups is 1. The van der Waals surface area contributed by atoms with E-state index in [2.05, 4.69) is 26.1 Å². The van der Waals surface area contributed by atoms with Gasteiger partial charge in [-0.05, 0) is 38.0 Å². The molecular formula is C14H26N2S. The van der Waals surface area contributed by atoms with Crippen molar-refractivity contribution in [2.75, 3.05) is 12.3 Å². The molecule has 2 rings (SSSR count). The van der Waals surface area contributed by atoms with Crippen molar-refractivity contribution in [3.8, 4) is 0 Å². The van der Waals surface area contributed by atoms with Gasteiger partial charge in [0.2, 0.25) is 0 Å². The number of rotatable bonds is 3. The quantitative estimate of drug-likeness (QED) is 0.831. The SMILES string of the molecule is CCC1(C)CSC(=NCC2CCC(C)CC2)N1. The predicted molar refractivity (Wildman–Crippen MR) is 77.7 cm³/mol. The van der Waals surface area contributed by atoms with Gasteiger partial charge in [-0.3, -0.25) is 4.99 Å². The maximum absolute atomic E-state index is 4.78. The third-order valence-corrected chi connectivity index (χ3v) is 5.63. The largest absolute Gasteiger partial charge is 0.359 e. The molecule has 0 amide bonds. The summed E-state index contributed by atoms with van der Waals surface area (Å²) in [5, 5.41) is 4.77. The van der Waals surface area contributed by atoms with E-state index in [9.17, 15) is 0 Å². The van der Waals surface area contributed by atoms with Gasteiger partial charge in [-0.15, -0.1) is 0 Å². The van der Waals surface area contributed by atoms with Crippen LogP contribution in [0.5, 0.6) is 0 Å². The molecule has 2 aliphatic rings. The lowest BCUT2D eigenvalue weighted by Gasteiger charge is -2.25. The van der Waals surface area contributed by atoms with Gasteiger partial charge in [0.05, 0.1) is 0 Å². The summed E-state index contributed by atoms with van der Waals surface area (Å²) in [6.45, 7) is 7.97. The van der Waals surface area contributed by atoms with E-state index in [4.69, 9.17) is 4.99 Å². The second-order valence-corrected chi connectivity index (χ2v) is 7.06. The number of hydrogen-bond donors (Lipinski definition) is 1. The Balaban J connectivity index is 1.78. The summed E-state index contributed by atoms with van der Waals surface area (Å²) in [5.41, 5.74) is 0.282. The van der Waals surface area contributed by atoms with Gasteiger partial charge < -0.3 is 5.32 Å². The van der Waals surface area contributed by atoms with E-state index in [1.165, 1.54) is 43.0 Å². The van der Waals surface area contributed by atoms with Crippen molar-refractivity contribution in [2.24, 2.45) is 16.8 Å². The highest BCUT2D eigenvalue weighted by Gasteiger charge is 2.30. The van der Waals surface area contributed by atoms with Gasteiger partial charge in [-0.1, -0.05) is 38.5 Å². The predicted octanol–water partition coefficient (Wildman–Crippen LogP) is 3.67. The standard InChI is InChI=1S/C14H26N2S/c1-4-14(3)10-17-13(16-14)15-9-12-7-5-11(2)6-8-12/h11-12H,4-10H2,1-3H3,(H,15,16). The van der Waals surface area contributed by atoms with Crippen molar-refractivity contribution in [1.82, 2.24) is 5.32 Å². The molecule has 1 N–H and O–H groups in total. The molecule has 3 heteroatoms. The fourth-order valence-corrected chi connectivity index (χ4v) is 3.77. The molecule has 1 saturated heterocycles. The van der Waals surface area contributed by atoms with Gasteiger partial charge in [0.15, 0.2) is 5.17 Å². The monoisotopic (exact) mass is 254 g/mol. The summed E-state index contributed by atoms with van der Waals surface area (Å²) in [5.74, 6) is 2.96. The Kier molecular flexibility index (Phi) is 4.40. The summed E-state index contributed by atoms with van der Waals surface area (Å²) in [7, 11) is 0. The normalized spacial score (nSPS) is 40.5. The minimum absolute atomic E-state index is 0.282. The smallest absolute Gasteiger partial charge is 0.157 e. The summed E-state index contributed by atoms with van der Waals surface area (Å²) in [6.07, 6.45) is 6.76. The lowest BCUT2D eigenvalue weighted by atomic mass is 9.83. The highest BCUT2D eigenvalue weighted by atomic mass is 32.2. The van der Waals surface area contributed by atoms with Crippen molar-refractivity contribution >= 4 is 16.9 Å². The van der Waals surface area contributed by atoms with Crippen LogP contribution >= 0.6 is 11.8 Å². The van der Waals surface area contributed by atoms with E-state index in [0.29, 0.717) is 0 Å². The van der Waals surface area contributed by atoms with Gasteiger partial charge in [0.25, 0.3) is 0 Å². The van der Waals surface area contributed by atoms with Crippen LogP contribution in [-0.2, 0) is 0 Å². The highest BCUT2D eigenvalue weighted by molar-refractivity contribution is 8.14. The molecule has 1 unspecified atom stereocenters. The zero-order valence-electron chi connectivity index (χ0n) is 11.5. The van der Waals surface area contributed by atoms with Crippen LogP contribution in [0.25, 0.3) is 0 Å². The third kappa shape index (κ3) is 3.64. The fraction of sp³-hybridized carbons (Fsp3) is 0.929. The topological polar surface area (TPSA) is 24.4 Å². The Morgan fingerprint density at radius 3 is 2.65 bits per heavy atom. The molecule has 98 valence electrons. The van der Waals surface area contributed by atoms with Crippen LogP contribution in [0.4, 0.5) is 0 Å². The maximum Gasteiger partial charge on any atom is 0.157 e. The first-order chi connectivity index (χ1) is 8.11. The lowest BCUT2D eigenvalue weighted by molar-refractivity contribution is 0.296. The lowest BCUT2D eigenvalue weighted by Crippen LogP contribution is -2.39. The van der Waals surface area contributed by atoms with Crippen LogP contribution in [0.2, 0.25) is 0 Å². The fourth-order valence-electron chi connectivity index (χ4n) is 2.56. The van der Waals surface area contributed by atoms with E-state index in [0.717, 1.165) is 18.4 Å². The zero-order chi connectivity index (χ0) is 12.3. The minimum atomic E-state index is 0.282. The Labute approximate surface area is 110 Å². The molecule has 0 radical (unpaired) electrons. The van der Waals surface area contributed by atoms with Crippen LogP contribution in [0.1, 0.15) is 52.9 Å². The second-order valence-electron chi connectivity index (χ2n) is 6.10. The molecule has 0 spiro atoms. The van der Waals surface area contributed by atoms with Crippen LogP contribution in [0.15, 0.2) is 4.99 Å². The number of hydrogen-bond acceptors (Lipinski definition) is 2. The van der Waals surface area contributed by atoms with Crippen molar-refractivity contribution in [3.05, 3.63) is 0 Å². The Bertz CT molecular complexity index is 282. The first kappa shape index (κ1) is 13.3. The zero-order valence-corrected chi connectivity index (χ0v) is 12.3. The number of nitrogens with one attached hydrogen (secondary N) is 1. The first-order valence-electron chi connectivity index (χ1n) is 7.07. The Morgan fingerprint density at radius 2 is 2.06 bits per heavy atom. The maximum atomic E-state index is 4.78. The van der Waals surface area contributed by atoms with Crippen molar-refractivity contribution < 1.29 is 0 Å². The molecule has 1 atom stereocenters. The van der Waals surface area contributed by atoms with E-state index >= 15 is 0 Å². The van der Waals surface area contributed by atoms with Crippen molar-refractivity contribution in [3.63, 3.8) is 0 Å². The van der Waals surface area contributed by atoms with Gasteiger partial charge in [-0.2, -0.15) is 0 Å². The molecule has 0 aromatic heterocycles. The second kappa shape index (κ2) is 5.64. The first-order valence-corrected chi connectivity index (χ1v) is 8.05. The van der Waals surface area contributed by atoms with Crippen molar-refractivity contribution in [2.45, 2.75) is 58.4 Å². The summed E-state index contributed by atoms with van der Waals surface area (Å²) in [6, 6.07) is 0. The molecular weight excluding hydrogens is 228 g/mol. The van der Waals surface area contributed by atoms with E-state index in [1.54, 1.807) is 0 Å². The molecule has 1 heterocycles. The van der Waals surface area contributed by atoms with E-state index in [-0.39, 0.29) is 5.54 Å². The molecule has 0 aromatic carbocycles. The van der Waals surface area contributed by atoms with E-state index < -0.39 is 0 Å². The van der Waals surface area contributed by atoms with Gasteiger partial charge in [-0.25, -0.2) is 0 Å². The number of nitrogens with zero attached hydrogens (tertiary/aromatic N) is 1. The molecule has 1 aliphatic carbocycles.